The maximum Gasteiger partial charge on any atom is 0.307 e. The van der Waals surface area contributed by atoms with Gasteiger partial charge < -0.3 is 19.9 Å². The number of nitrogens with zero attached hydrogens (tertiary/aromatic N) is 2. The number of benzene rings is 1. The molecule has 1 atom stereocenters. The fraction of sp³-hybridized carbons (Fsp3) is 0.609. The minimum Gasteiger partial charge on any atom is -0.458 e. The zero-order valence-corrected chi connectivity index (χ0v) is 17.7. The second-order valence-corrected chi connectivity index (χ2v) is 8.65. The number of hydrogen-bond acceptors (Lipinski definition) is 5. The number of likely N-dealkylation sites (N-methyl/N-ethyl adjacent to an activating group) is 1. The molecule has 0 unspecified atom stereocenters. The van der Waals surface area contributed by atoms with E-state index >= 15 is 0 Å². The fourth-order valence-electron chi connectivity index (χ4n) is 5.03. The van der Waals surface area contributed by atoms with E-state index in [-0.39, 0.29) is 24.2 Å². The van der Waals surface area contributed by atoms with Crippen molar-refractivity contribution in [2.24, 2.45) is 5.92 Å². The van der Waals surface area contributed by atoms with Gasteiger partial charge in [0.2, 0.25) is 5.91 Å². The van der Waals surface area contributed by atoms with Crippen LogP contribution in [-0.2, 0) is 14.3 Å². The summed E-state index contributed by atoms with van der Waals surface area (Å²) in [6, 6.07) is 7.10. The van der Waals surface area contributed by atoms with E-state index in [1.165, 1.54) is 0 Å². The minimum atomic E-state index is -0.647. The van der Waals surface area contributed by atoms with Crippen LogP contribution in [-0.4, -0.2) is 65.9 Å². The number of nitrogens with one attached hydrogen (secondary N) is 1. The monoisotopic (exact) mass is 413 g/mol. The number of anilines is 1. The molecule has 1 aliphatic carbocycles. The normalized spacial score (nSPS) is 24.0. The van der Waals surface area contributed by atoms with Crippen molar-refractivity contribution in [1.29, 1.82) is 0 Å². The summed E-state index contributed by atoms with van der Waals surface area (Å²) in [5, 5.41) is 2.94. The van der Waals surface area contributed by atoms with Gasteiger partial charge in [-0.05, 0) is 50.4 Å². The molecule has 0 aromatic heterocycles. The molecule has 162 valence electrons. The first-order valence-electron chi connectivity index (χ1n) is 11.2. The van der Waals surface area contributed by atoms with E-state index in [2.05, 4.69) is 17.1 Å². The van der Waals surface area contributed by atoms with Crippen molar-refractivity contribution in [3.63, 3.8) is 0 Å². The van der Waals surface area contributed by atoms with E-state index in [1.54, 1.807) is 24.3 Å². The Labute approximate surface area is 177 Å². The van der Waals surface area contributed by atoms with Crippen LogP contribution >= 0.6 is 0 Å². The standard InChI is InChI=1S/C23H31N3O4/c1-2-25-11-13-26(14-12-25)22(29)17-7-6-8-18(15-17)24-21(28)19-16-20(27)30-23(19)9-4-3-5-10-23/h6-8,15,19H,2-5,9-14,16H2,1H3,(H,24,28)/t19-/m0/s1. The first-order chi connectivity index (χ1) is 14.5. The molecule has 1 aromatic rings. The third-order valence-electron chi connectivity index (χ3n) is 6.82. The van der Waals surface area contributed by atoms with Crippen LogP contribution in [0.5, 0.6) is 0 Å². The van der Waals surface area contributed by atoms with Crippen molar-refractivity contribution >= 4 is 23.5 Å². The van der Waals surface area contributed by atoms with Crippen molar-refractivity contribution in [2.45, 2.75) is 51.0 Å². The molecule has 1 aromatic carbocycles. The molecule has 1 saturated carbocycles. The highest BCUT2D eigenvalue weighted by Gasteiger charge is 2.52. The number of rotatable bonds is 4. The summed E-state index contributed by atoms with van der Waals surface area (Å²) >= 11 is 0. The predicted molar refractivity (Wildman–Crippen MR) is 113 cm³/mol. The molecule has 2 aliphatic heterocycles. The van der Waals surface area contributed by atoms with Gasteiger partial charge in [-0.15, -0.1) is 0 Å². The number of carbonyl (C=O) groups excluding carboxylic acids is 3. The molecule has 1 N–H and O–H groups in total. The molecule has 2 amide bonds. The third-order valence-corrected chi connectivity index (χ3v) is 6.82. The number of hydrogen-bond donors (Lipinski definition) is 1. The maximum absolute atomic E-state index is 13.0. The summed E-state index contributed by atoms with van der Waals surface area (Å²) in [6.07, 6.45) is 4.70. The van der Waals surface area contributed by atoms with Crippen molar-refractivity contribution in [3.8, 4) is 0 Å². The van der Waals surface area contributed by atoms with Gasteiger partial charge in [-0.2, -0.15) is 0 Å². The average molecular weight is 414 g/mol. The number of amides is 2. The van der Waals surface area contributed by atoms with Gasteiger partial charge in [0.05, 0.1) is 12.3 Å². The van der Waals surface area contributed by atoms with E-state index in [0.717, 1.165) is 51.7 Å². The summed E-state index contributed by atoms with van der Waals surface area (Å²) in [5.74, 6) is -0.951. The lowest BCUT2D eigenvalue weighted by Crippen LogP contribution is -2.48. The van der Waals surface area contributed by atoms with E-state index in [9.17, 15) is 14.4 Å². The Kier molecular flexibility index (Phi) is 6.09. The van der Waals surface area contributed by atoms with E-state index < -0.39 is 11.5 Å². The molecule has 7 heteroatoms. The summed E-state index contributed by atoms with van der Waals surface area (Å²) in [7, 11) is 0. The summed E-state index contributed by atoms with van der Waals surface area (Å²) in [5.41, 5.74) is 0.512. The Morgan fingerprint density at radius 1 is 1.13 bits per heavy atom. The highest BCUT2D eigenvalue weighted by atomic mass is 16.6. The SMILES string of the molecule is CCN1CCN(C(=O)c2cccc(NC(=O)[C@@H]3CC(=O)OC34CCCCC4)c2)CC1. The molecule has 3 fully saturated rings. The van der Waals surface area contributed by atoms with E-state index in [0.29, 0.717) is 24.3 Å². The topological polar surface area (TPSA) is 79.0 Å². The van der Waals surface area contributed by atoms with Gasteiger partial charge >= 0.3 is 5.97 Å². The van der Waals surface area contributed by atoms with Crippen LogP contribution in [0.15, 0.2) is 24.3 Å². The molecule has 30 heavy (non-hydrogen) atoms. The quantitative estimate of drug-likeness (QED) is 0.768. The minimum absolute atomic E-state index is 0.00928. The Balaban J connectivity index is 1.43. The number of esters is 1. The maximum atomic E-state index is 13.0. The summed E-state index contributed by atoms with van der Waals surface area (Å²) in [4.78, 5) is 42.1. The predicted octanol–water partition coefficient (Wildman–Crippen LogP) is 2.67. The first kappa shape index (κ1) is 20.8. The molecular formula is C23H31N3O4. The van der Waals surface area contributed by atoms with Gasteiger partial charge in [0.25, 0.3) is 5.91 Å². The Morgan fingerprint density at radius 2 is 1.87 bits per heavy atom. The Morgan fingerprint density at radius 3 is 2.57 bits per heavy atom. The molecule has 1 spiro atoms. The summed E-state index contributed by atoms with van der Waals surface area (Å²) in [6.45, 7) is 6.33. The lowest BCUT2D eigenvalue weighted by Gasteiger charge is -2.36. The van der Waals surface area contributed by atoms with Crippen LogP contribution in [0.2, 0.25) is 0 Å². The van der Waals surface area contributed by atoms with Crippen molar-refractivity contribution in [3.05, 3.63) is 29.8 Å². The van der Waals surface area contributed by atoms with Crippen LogP contribution in [0.3, 0.4) is 0 Å². The van der Waals surface area contributed by atoms with Gasteiger partial charge in [-0.1, -0.05) is 19.4 Å². The number of piperazine rings is 1. The largest absolute Gasteiger partial charge is 0.458 e. The smallest absolute Gasteiger partial charge is 0.307 e. The van der Waals surface area contributed by atoms with Gasteiger partial charge in [0.15, 0.2) is 0 Å². The molecule has 0 bridgehead atoms. The highest BCUT2D eigenvalue weighted by molar-refractivity contribution is 5.99. The first-order valence-corrected chi connectivity index (χ1v) is 11.2. The molecular weight excluding hydrogens is 382 g/mol. The second-order valence-electron chi connectivity index (χ2n) is 8.65. The molecule has 3 aliphatic rings. The van der Waals surface area contributed by atoms with Crippen LogP contribution in [0.25, 0.3) is 0 Å². The van der Waals surface area contributed by atoms with Crippen molar-refractivity contribution in [1.82, 2.24) is 9.80 Å². The fourth-order valence-corrected chi connectivity index (χ4v) is 5.03. The van der Waals surface area contributed by atoms with Crippen LogP contribution < -0.4 is 5.32 Å². The summed E-state index contributed by atoms with van der Waals surface area (Å²) < 4.78 is 5.66. The van der Waals surface area contributed by atoms with E-state index in [1.807, 2.05) is 4.90 Å². The molecule has 4 rings (SSSR count). The van der Waals surface area contributed by atoms with Crippen LogP contribution in [0.1, 0.15) is 55.8 Å². The Hall–Kier alpha value is -2.41. The van der Waals surface area contributed by atoms with Gasteiger partial charge in [-0.3, -0.25) is 14.4 Å². The molecule has 2 saturated heterocycles. The molecule has 7 nitrogen and oxygen atoms in total. The van der Waals surface area contributed by atoms with Gasteiger partial charge in [0, 0.05) is 37.4 Å². The lowest BCUT2D eigenvalue weighted by molar-refractivity contribution is -0.153. The highest BCUT2D eigenvalue weighted by Crippen LogP contribution is 2.44. The zero-order chi connectivity index (χ0) is 21.1. The van der Waals surface area contributed by atoms with Crippen molar-refractivity contribution < 1.29 is 19.1 Å². The van der Waals surface area contributed by atoms with Crippen molar-refractivity contribution in [2.75, 3.05) is 38.0 Å². The van der Waals surface area contributed by atoms with Crippen LogP contribution in [0.4, 0.5) is 5.69 Å². The van der Waals surface area contributed by atoms with Gasteiger partial charge in [0.1, 0.15) is 5.60 Å². The van der Waals surface area contributed by atoms with E-state index in [4.69, 9.17) is 4.74 Å². The third kappa shape index (κ3) is 4.21. The van der Waals surface area contributed by atoms with Crippen LogP contribution in [0, 0.1) is 5.92 Å². The molecule has 2 heterocycles. The molecule has 0 radical (unpaired) electrons. The zero-order valence-electron chi connectivity index (χ0n) is 17.7. The number of carbonyl (C=O) groups is 3. The second kappa shape index (κ2) is 8.76. The van der Waals surface area contributed by atoms with Gasteiger partial charge in [-0.25, -0.2) is 0 Å². The Bertz CT molecular complexity index is 810. The number of ether oxygens (including phenoxy) is 1. The average Bonchev–Trinajstić information content (AvgIpc) is 3.09. The lowest BCUT2D eigenvalue weighted by atomic mass is 9.75.